The maximum Gasteiger partial charge on any atom is 0.308 e. The van der Waals surface area contributed by atoms with E-state index in [9.17, 15) is 9.59 Å². The summed E-state index contributed by atoms with van der Waals surface area (Å²) in [4.78, 5) is 23.3. The molecule has 0 saturated heterocycles. The van der Waals surface area contributed by atoms with Crippen molar-refractivity contribution in [2.75, 3.05) is 0 Å². The molecule has 1 aromatic heterocycles. The summed E-state index contributed by atoms with van der Waals surface area (Å²) in [5.41, 5.74) is 2.56. The number of carboxylic acids is 1. The summed E-state index contributed by atoms with van der Waals surface area (Å²) in [5, 5.41) is 13.4. The molecule has 0 amide bonds. The third kappa shape index (κ3) is 3.81. The molecule has 1 N–H and O–H groups in total. The molecule has 5 nitrogen and oxygen atoms in total. The number of rotatable bonds is 5. The number of hydrogen-bond donors (Lipinski definition) is 1. The van der Waals surface area contributed by atoms with E-state index in [4.69, 9.17) is 5.11 Å². The van der Waals surface area contributed by atoms with Crippen LogP contribution >= 0.6 is 0 Å². The molecular weight excluding hydrogens is 280 g/mol. The van der Waals surface area contributed by atoms with Crippen molar-refractivity contribution in [3.05, 3.63) is 51.8 Å². The fourth-order valence-corrected chi connectivity index (χ4v) is 2.22. The van der Waals surface area contributed by atoms with Gasteiger partial charge in [0.15, 0.2) is 0 Å². The fourth-order valence-electron chi connectivity index (χ4n) is 2.22. The van der Waals surface area contributed by atoms with Crippen LogP contribution < -0.4 is 5.56 Å². The number of benzene rings is 1. The minimum Gasteiger partial charge on any atom is -0.481 e. The highest BCUT2D eigenvalue weighted by atomic mass is 16.4. The Balaban J connectivity index is 2.55. The highest BCUT2D eigenvalue weighted by Gasteiger charge is 2.13. The zero-order valence-electron chi connectivity index (χ0n) is 13.0. The average molecular weight is 300 g/mol. The highest BCUT2D eigenvalue weighted by molar-refractivity contribution is 5.71. The van der Waals surface area contributed by atoms with Gasteiger partial charge in [0.25, 0.3) is 5.56 Å². The van der Waals surface area contributed by atoms with Gasteiger partial charge in [0.05, 0.1) is 12.1 Å². The first kappa shape index (κ1) is 15.9. The molecule has 1 aromatic carbocycles. The minimum absolute atomic E-state index is 0.246. The molecule has 1 heterocycles. The maximum atomic E-state index is 12.3. The van der Waals surface area contributed by atoms with Gasteiger partial charge in [-0.15, -0.1) is 0 Å². The first-order valence-corrected chi connectivity index (χ1v) is 7.26. The minimum atomic E-state index is -1.02. The van der Waals surface area contributed by atoms with Crippen molar-refractivity contribution >= 4 is 5.97 Å². The molecule has 2 aromatic rings. The normalized spacial score (nSPS) is 10.9. The van der Waals surface area contributed by atoms with E-state index in [2.05, 4.69) is 5.10 Å². The van der Waals surface area contributed by atoms with E-state index in [-0.39, 0.29) is 23.5 Å². The van der Waals surface area contributed by atoms with E-state index in [1.165, 1.54) is 4.68 Å². The van der Waals surface area contributed by atoms with Crippen LogP contribution in [0, 0.1) is 12.8 Å². The van der Waals surface area contributed by atoms with Crippen LogP contribution in [0.1, 0.15) is 25.0 Å². The summed E-state index contributed by atoms with van der Waals surface area (Å²) < 4.78 is 1.37. The Hall–Kier alpha value is -2.43. The van der Waals surface area contributed by atoms with Crippen LogP contribution in [0.3, 0.4) is 0 Å². The molecule has 0 bridgehead atoms. The van der Waals surface area contributed by atoms with Gasteiger partial charge in [0.2, 0.25) is 0 Å². The second-order valence-corrected chi connectivity index (χ2v) is 5.87. The Morgan fingerprint density at radius 1 is 1.27 bits per heavy atom. The molecular formula is C17H20N2O3. The lowest BCUT2D eigenvalue weighted by Gasteiger charge is -2.12. The van der Waals surface area contributed by atoms with E-state index in [0.717, 1.165) is 11.1 Å². The summed E-state index contributed by atoms with van der Waals surface area (Å²) in [7, 11) is 0. The standard InChI is InChI=1S/C17H20N2O3/c1-11(2)10-19-17(22)14(9-16(20)21)8-15(18-19)13-6-4-12(3)5-7-13/h4-8,11H,9-10H2,1-3H3,(H,20,21). The number of carboxylic acid groups (broad SMARTS) is 1. The second kappa shape index (κ2) is 6.56. The number of carbonyl (C=O) groups is 1. The summed E-state index contributed by atoms with van der Waals surface area (Å²) >= 11 is 0. The van der Waals surface area contributed by atoms with Gasteiger partial charge in [-0.3, -0.25) is 9.59 Å². The Morgan fingerprint density at radius 2 is 1.91 bits per heavy atom. The summed E-state index contributed by atoms with van der Waals surface area (Å²) in [6.07, 6.45) is -0.293. The molecule has 116 valence electrons. The van der Waals surface area contributed by atoms with Gasteiger partial charge in [-0.1, -0.05) is 43.7 Å². The van der Waals surface area contributed by atoms with Crippen molar-refractivity contribution < 1.29 is 9.90 Å². The quantitative estimate of drug-likeness (QED) is 0.921. The molecule has 0 aliphatic rings. The van der Waals surface area contributed by atoms with Gasteiger partial charge < -0.3 is 5.11 Å². The molecule has 22 heavy (non-hydrogen) atoms. The molecule has 0 saturated carbocycles. The average Bonchev–Trinajstić information content (AvgIpc) is 2.43. The topological polar surface area (TPSA) is 72.2 Å². The molecule has 0 aliphatic heterocycles. The van der Waals surface area contributed by atoms with Crippen LogP contribution in [-0.2, 0) is 17.8 Å². The van der Waals surface area contributed by atoms with Gasteiger partial charge in [-0.2, -0.15) is 5.10 Å². The van der Waals surface area contributed by atoms with Crippen LogP contribution in [0.5, 0.6) is 0 Å². The SMILES string of the molecule is Cc1ccc(-c2cc(CC(=O)O)c(=O)n(CC(C)C)n2)cc1. The van der Waals surface area contributed by atoms with Crippen LogP contribution in [0.2, 0.25) is 0 Å². The van der Waals surface area contributed by atoms with Crippen LogP contribution in [0.4, 0.5) is 0 Å². The zero-order valence-corrected chi connectivity index (χ0v) is 13.0. The number of aromatic nitrogens is 2. The molecule has 5 heteroatoms. The smallest absolute Gasteiger partial charge is 0.308 e. The maximum absolute atomic E-state index is 12.3. The first-order valence-electron chi connectivity index (χ1n) is 7.26. The van der Waals surface area contributed by atoms with Crippen molar-refractivity contribution in [1.29, 1.82) is 0 Å². The van der Waals surface area contributed by atoms with E-state index < -0.39 is 5.97 Å². The monoisotopic (exact) mass is 300 g/mol. The Morgan fingerprint density at radius 3 is 2.45 bits per heavy atom. The Labute approximate surface area is 129 Å². The molecule has 0 spiro atoms. The van der Waals surface area contributed by atoms with Gasteiger partial charge in [0, 0.05) is 17.7 Å². The van der Waals surface area contributed by atoms with Crippen LogP contribution in [-0.4, -0.2) is 20.9 Å². The van der Waals surface area contributed by atoms with Gasteiger partial charge in [-0.05, 0) is 18.9 Å². The Bertz CT molecular complexity index is 731. The lowest BCUT2D eigenvalue weighted by atomic mass is 10.1. The molecule has 0 fully saturated rings. The van der Waals surface area contributed by atoms with E-state index >= 15 is 0 Å². The predicted molar refractivity (Wildman–Crippen MR) is 84.8 cm³/mol. The van der Waals surface area contributed by atoms with Crippen molar-refractivity contribution in [3.63, 3.8) is 0 Å². The summed E-state index contributed by atoms with van der Waals surface area (Å²) in [6.45, 7) is 6.44. The van der Waals surface area contributed by atoms with Crippen molar-refractivity contribution in [2.24, 2.45) is 5.92 Å². The summed E-state index contributed by atoms with van der Waals surface area (Å²) in [6, 6.07) is 9.36. The summed E-state index contributed by atoms with van der Waals surface area (Å²) in [5.74, 6) is -0.773. The lowest BCUT2D eigenvalue weighted by Crippen LogP contribution is -2.29. The molecule has 0 atom stereocenters. The van der Waals surface area contributed by atoms with E-state index in [1.807, 2.05) is 45.0 Å². The van der Waals surface area contributed by atoms with Crippen molar-refractivity contribution in [3.8, 4) is 11.3 Å². The number of nitrogens with zero attached hydrogens (tertiary/aromatic N) is 2. The molecule has 0 aliphatic carbocycles. The largest absolute Gasteiger partial charge is 0.481 e. The van der Waals surface area contributed by atoms with Gasteiger partial charge in [0.1, 0.15) is 0 Å². The van der Waals surface area contributed by atoms with Crippen molar-refractivity contribution in [1.82, 2.24) is 9.78 Å². The second-order valence-electron chi connectivity index (χ2n) is 5.87. The fraction of sp³-hybridized carbons (Fsp3) is 0.353. The van der Waals surface area contributed by atoms with Gasteiger partial charge in [-0.25, -0.2) is 4.68 Å². The highest BCUT2D eigenvalue weighted by Crippen LogP contribution is 2.17. The third-order valence-electron chi connectivity index (χ3n) is 3.28. The van der Waals surface area contributed by atoms with Crippen molar-refractivity contribution in [2.45, 2.75) is 33.7 Å². The van der Waals surface area contributed by atoms with Gasteiger partial charge >= 0.3 is 5.97 Å². The molecule has 2 rings (SSSR count). The third-order valence-corrected chi connectivity index (χ3v) is 3.28. The van der Waals surface area contributed by atoms with E-state index in [1.54, 1.807) is 6.07 Å². The number of aliphatic carboxylic acids is 1. The Kier molecular flexibility index (Phi) is 4.75. The zero-order chi connectivity index (χ0) is 16.3. The van der Waals surface area contributed by atoms with E-state index in [0.29, 0.717) is 12.2 Å². The van der Waals surface area contributed by atoms with Crippen LogP contribution in [0.25, 0.3) is 11.3 Å². The first-order chi connectivity index (χ1) is 10.4. The number of hydrogen-bond acceptors (Lipinski definition) is 3. The lowest BCUT2D eigenvalue weighted by molar-refractivity contribution is -0.136. The van der Waals surface area contributed by atoms with Crippen LogP contribution in [0.15, 0.2) is 35.1 Å². The predicted octanol–water partition coefficient (Wildman–Crippen LogP) is 2.50. The molecule has 0 radical (unpaired) electrons. The number of aryl methyl sites for hydroxylation is 1. The molecule has 0 unspecified atom stereocenters.